The molecule has 0 heterocycles. The molecule has 0 unspecified atom stereocenters. The molecular weight excluding hydrogens is 208 g/mol. The van der Waals surface area contributed by atoms with Crippen LogP contribution in [0.25, 0.3) is 6.08 Å². The van der Waals surface area contributed by atoms with E-state index in [1.807, 2.05) is 48.5 Å². The van der Waals surface area contributed by atoms with Crippen molar-refractivity contribution in [3.63, 3.8) is 0 Å². The summed E-state index contributed by atoms with van der Waals surface area (Å²) >= 11 is 0. The molecule has 0 aliphatic heterocycles. The summed E-state index contributed by atoms with van der Waals surface area (Å²) < 4.78 is 5.76. The minimum atomic E-state index is 0.689. The summed E-state index contributed by atoms with van der Waals surface area (Å²) in [5, 5.41) is 0. The van der Waals surface area contributed by atoms with E-state index in [1.54, 1.807) is 0 Å². The number of ether oxygens (including phenoxy) is 1. The predicted octanol–water partition coefficient (Wildman–Crippen LogP) is 3.95. The predicted molar refractivity (Wildman–Crippen MR) is 72.2 cm³/mol. The van der Waals surface area contributed by atoms with Gasteiger partial charge in [-0.1, -0.05) is 61.2 Å². The van der Waals surface area contributed by atoms with Crippen LogP contribution in [0.2, 0.25) is 0 Å². The van der Waals surface area contributed by atoms with Crippen molar-refractivity contribution in [2.45, 2.75) is 6.42 Å². The van der Waals surface area contributed by atoms with Crippen molar-refractivity contribution in [2.75, 3.05) is 6.61 Å². The van der Waals surface area contributed by atoms with Crippen molar-refractivity contribution in [3.05, 3.63) is 72.3 Å². The van der Waals surface area contributed by atoms with E-state index in [4.69, 9.17) is 4.74 Å². The van der Waals surface area contributed by atoms with Crippen molar-refractivity contribution < 1.29 is 4.74 Å². The fourth-order valence-electron chi connectivity index (χ4n) is 1.70. The first-order valence-corrected chi connectivity index (χ1v) is 5.78. The van der Waals surface area contributed by atoms with Gasteiger partial charge in [-0.25, -0.2) is 0 Å². The average Bonchev–Trinajstić information content (AvgIpc) is 2.40. The molecule has 0 N–H and O–H groups in total. The Morgan fingerprint density at radius 1 is 0.941 bits per heavy atom. The summed E-state index contributed by atoms with van der Waals surface area (Å²) in [5.41, 5.74) is 2.34. The van der Waals surface area contributed by atoms with Crippen LogP contribution < -0.4 is 4.74 Å². The first-order valence-electron chi connectivity index (χ1n) is 5.78. The normalized spacial score (nSPS) is 9.88. The van der Waals surface area contributed by atoms with E-state index in [9.17, 15) is 0 Å². The first-order chi connectivity index (χ1) is 8.40. The van der Waals surface area contributed by atoms with Crippen LogP contribution >= 0.6 is 0 Å². The molecule has 0 atom stereocenters. The molecule has 0 spiro atoms. The zero-order valence-corrected chi connectivity index (χ0v) is 9.80. The molecule has 0 aliphatic rings. The molecule has 86 valence electrons. The van der Waals surface area contributed by atoms with E-state index < -0.39 is 0 Å². The molecule has 2 aromatic rings. The SMILES string of the molecule is C=Cc1ccccc1OCCc1ccccc1. The second-order valence-electron chi connectivity index (χ2n) is 3.83. The Hall–Kier alpha value is -2.02. The third kappa shape index (κ3) is 3.22. The summed E-state index contributed by atoms with van der Waals surface area (Å²) in [6.07, 6.45) is 2.74. The lowest BCUT2D eigenvalue weighted by atomic mass is 10.1. The highest BCUT2D eigenvalue weighted by Crippen LogP contribution is 2.18. The molecule has 1 nitrogen and oxygen atoms in total. The largest absolute Gasteiger partial charge is 0.493 e. The Balaban J connectivity index is 1.92. The average molecular weight is 224 g/mol. The zero-order valence-electron chi connectivity index (χ0n) is 9.80. The number of para-hydroxylation sites is 1. The Morgan fingerprint density at radius 3 is 2.41 bits per heavy atom. The minimum absolute atomic E-state index is 0.689. The summed E-state index contributed by atoms with van der Waals surface area (Å²) in [6.45, 7) is 4.47. The van der Waals surface area contributed by atoms with Gasteiger partial charge in [0, 0.05) is 12.0 Å². The van der Waals surface area contributed by atoms with Gasteiger partial charge in [-0.3, -0.25) is 0 Å². The van der Waals surface area contributed by atoms with Gasteiger partial charge in [-0.15, -0.1) is 0 Å². The zero-order chi connectivity index (χ0) is 11.9. The monoisotopic (exact) mass is 224 g/mol. The van der Waals surface area contributed by atoms with Gasteiger partial charge in [-0.2, -0.15) is 0 Å². The Labute approximate surface area is 102 Å². The van der Waals surface area contributed by atoms with Gasteiger partial charge < -0.3 is 4.74 Å². The topological polar surface area (TPSA) is 9.23 Å². The van der Waals surface area contributed by atoms with Gasteiger partial charge in [0.1, 0.15) is 5.75 Å². The van der Waals surface area contributed by atoms with Gasteiger partial charge in [0.15, 0.2) is 0 Å². The lowest BCUT2D eigenvalue weighted by Gasteiger charge is -2.08. The third-order valence-corrected chi connectivity index (χ3v) is 2.63. The molecule has 0 aromatic heterocycles. The van der Waals surface area contributed by atoms with Crippen LogP contribution in [0.3, 0.4) is 0 Å². The fraction of sp³-hybridized carbons (Fsp3) is 0.125. The molecule has 0 amide bonds. The molecule has 17 heavy (non-hydrogen) atoms. The van der Waals surface area contributed by atoms with Gasteiger partial charge in [0.05, 0.1) is 6.61 Å². The van der Waals surface area contributed by atoms with Crippen LogP contribution in [0.15, 0.2) is 61.2 Å². The fourth-order valence-corrected chi connectivity index (χ4v) is 1.70. The van der Waals surface area contributed by atoms with E-state index in [0.717, 1.165) is 17.7 Å². The van der Waals surface area contributed by atoms with E-state index in [-0.39, 0.29) is 0 Å². The molecule has 0 aliphatic carbocycles. The maximum atomic E-state index is 5.76. The Kier molecular flexibility index (Phi) is 3.98. The second kappa shape index (κ2) is 5.90. The minimum Gasteiger partial charge on any atom is -0.493 e. The van der Waals surface area contributed by atoms with Crippen molar-refractivity contribution in [1.29, 1.82) is 0 Å². The smallest absolute Gasteiger partial charge is 0.126 e. The molecule has 2 rings (SSSR count). The Bertz CT molecular complexity index is 474. The molecule has 1 heteroatoms. The molecular formula is C16H16O. The van der Waals surface area contributed by atoms with Crippen LogP contribution in [0.1, 0.15) is 11.1 Å². The number of benzene rings is 2. The molecule has 2 aromatic carbocycles. The van der Waals surface area contributed by atoms with Crippen molar-refractivity contribution in [3.8, 4) is 5.75 Å². The van der Waals surface area contributed by atoms with E-state index >= 15 is 0 Å². The van der Waals surface area contributed by atoms with Gasteiger partial charge in [0.2, 0.25) is 0 Å². The summed E-state index contributed by atoms with van der Waals surface area (Å²) in [4.78, 5) is 0. The first kappa shape index (κ1) is 11.5. The highest BCUT2D eigenvalue weighted by molar-refractivity contribution is 5.55. The number of hydrogen-bond acceptors (Lipinski definition) is 1. The van der Waals surface area contributed by atoms with Crippen LogP contribution in [0.4, 0.5) is 0 Å². The van der Waals surface area contributed by atoms with Gasteiger partial charge >= 0.3 is 0 Å². The molecule has 0 radical (unpaired) electrons. The standard InChI is InChI=1S/C16H16O/c1-2-15-10-6-7-11-16(15)17-13-12-14-8-4-3-5-9-14/h2-11H,1,12-13H2. The van der Waals surface area contributed by atoms with Crippen molar-refractivity contribution >= 4 is 6.08 Å². The number of rotatable bonds is 5. The lowest BCUT2D eigenvalue weighted by Crippen LogP contribution is -2.02. The molecule has 0 fully saturated rings. The second-order valence-corrected chi connectivity index (χ2v) is 3.83. The summed E-state index contributed by atoms with van der Waals surface area (Å²) in [7, 11) is 0. The lowest BCUT2D eigenvalue weighted by molar-refractivity contribution is 0.321. The van der Waals surface area contributed by atoms with Crippen LogP contribution in [0.5, 0.6) is 5.75 Å². The highest BCUT2D eigenvalue weighted by atomic mass is 16.5. The van der Waals surface area contributed by atoms with Crippen molar-refractivity contribution in [1.82, 2.24) is 0 Å². The molecule has 0 saturated carbocycles. The Morgan fingerprint density at radius 2 is 1.65 bits per heavy atom. The summed E-state index contributed by atoms with van der Waals surface area (Å²) in [5.74, 6) is 0.901. The molecule has 0 saturated heterocycles. The quantitative estimate of drug-likeness (QED) is 0.747. The third-order valence-electron chi connectivity index (χ3n) is 2.63. The van der Waals surface area contributed by atoms with Crippen LogP contribution in [-0.2, 0) is 6.42 Å². The molecule has 0 bridgehead atoms. The van der Waals surface area contributed by atoms with E-state index in [1.165, 1.54) is 5.56 Å². The van der Waals surface area contributed by atoms with Crippen LogP contribution in [-0.4, -0.2) is 6.61 Å². The van der Waals surface area contributed by atoms with E-state index in [0.29, 0.717) is 6.61 Å². The highest BCUT2D eigenvalue weighted by Gasteiger charge is 1.99. The van der Waals surface area contributed by atoms with Crippen molar-refractivity contribution in [2.24, 2.45) is 0 Å². The number of hydrogen-bond donors (Lipinski definition) is 0. The van der Waals surface area contributed by atoms with Gasteiger partial charge in [-0.05, 0) is 11.6 Å². The van der Waals surface area contributed by atoms with E-state index in [2.05, 4.69) is 18.7 Å². The van der Waals surface area contributed by atoms with Gasteiger partial charge in [0.25, 0.3) is 0 Å². The maximum Gasteiger partial charge on any atom is 0.126 e. The van der Waals surface area contributed by atoms with Crippen LogP contribution in [0, 0.1) is 0 Å². The summed E-state index contributed by atoms with van der Waals surface area (Å²) in [6, 6.07) is 18.3. The maximum absolute atomic E-state index is 5.76.